The molecule has 2 rings (SSSR count). The first-order valence-corrected chi connectivity index (χ1v) is 6.22. The Labute approximate surface area is 112 Å². The van der Waals surface area contributed by atoms with E-state index in [0.29, 0.717) is 5.56 Å². The summed E-state index contributed by atoms with van der Waals surface area (Å²) < 4.78 is 25.7. The van der Waals surface area contributed by atoms with Crippen molar-refractivity contribution in [2.45, 2.75) is 45.5 Å². The summed E-state index contributed by atoms with van der Waals surface area (Å²) in [4.78, 5) is 0. The molecule has 1 heterocycles. The Bertz CT molecular complexity index is 489. The first-order valence-electron chi connectivity index (χ1n) is 6.22. The summed E-state index contributed by atoms with van der Waals surface area (Å²) in [5, 5.41) is 9.17. The molecular formula is C13H19BFNO3. The van der Waals surface area contributed by atoms with E-state index in [9.17, 15) is 4.39 Å². The highest BCUT2D eigenvalue weighted by Gasteiger charge is 2.52. The second-order valence-corrected chi connectivity index (χ2v) is 5.83. The number of hydrogen-bond donors (Lipinski definition) is 2. The second kappa shape index (κ2) is 4.47. The molecule has 19 heavy (non-hydrogen) atoms. The van der Waals surface area contributed by atoms with Crippen molar-refractivity contribution in [1.29, 1.82) is 0 Å². The molecule has 1 aromatic carbocycles. The van der Waals surface area contributed by atoms with Crippen molar-refractivity contribution < 1.29 is 18.8 Å². The van der Waals surface area contributed by atoms with Gasteiger partial charge in [-0.1, -0.05) is 6.07 Å². The molecule has 0 saturated carbocycles. The quantitative estimate of drug-likeness (QED) is 0.624. The Hall–Kier alpha value is -1.11. The molecule has 1 aliphatic heterocycles. The van der Waals surface area contributed by atoms with Gasteiger partial charge in [0.25, 0.3) is 0 Å². The fraction of sp³-hybridized carbons (Fsp3) is 0.538. The van der Waals surface area contributed by atoms with E-state index in [1.807, 2.05) is 27.7 Å². The number of halogens is 1. The zero-order chi connectivity index (χ0) is 14.4. The van der Waals surface area contributed by atoms with Gasteiger partial charge in [-0.15, -0.1) is 0 Å². The summed E-state index contributed by atoms with van der Waals surface area (Å²) in [6, 6.07) is 2.93. The largest absolute Gasteiger partial charge is 0.497 e. The molecule has 0 atom stereocenters. The molecule has 0 amide bonds. The summed E-state index contributed by atoms with van der Waals surface area (Å²) in [7, 11) is -0.821. The third-order valence-corrected chi connectivity index (χ3v) is 3.88. The Morgan fingerprint density at radius 3 is 2.21 bits per heavy atom. The first kappa shape index (κ1) is 14.3. The zero-order valence-corrected chi connectivity index (χ0v) is 11.7. The highest BCUT2D eigenvalue weighted by Crippen LogP contribution is 2.36. The van der Waals surface area contributed by atoms with Crippen LogP contribution in [0.2, 0.25) is 0 Å². The summed E-state index contributed by atoms with van der Waals surface area (Å²) in [5.74, 6) is -0.560. The standard InChI is InChI=1S/C13H19BFNO3/c1-12(2)13(3,4)19-14(18-12)9-5-8(7-17)6-10(16)11(9)15/h5-6,17H,7,16H2,1-4H3. The van der Waals surface area contributed by atoms with Crippen LogP contribution in [0.5, 0.6) is 0 Å². The fourth-order valence-electron chi connectivity index (χ4n) is 1.97. The van der Waals surface area contributed by atoms with Crippen LogP contribution in [0, 0.1) is 5.82 Å². The topological polar surface area (TPSA) is 64.7 Å². The number of rotatable bonds is 2. The number of benzene rings is 1. The summed E-state index contributed by atoms with van der Waals surface area (Å²) in [5.41, 5.74) is 5.25. The maximum atomic E-state index is 14.1. The highest BCUT2D eigenvalue weighted by atomic mass is 19.1. The molecule has 0 aromatic heterocycles. The van der Waals surface area contributed by atoms with Crippen molar-refractivity contribution in [2.75, 3.05) is 5.73 Å². The van der Waals surface area contributed by atoms with Gasteiger partial charge in [-0.05, 0) is 39.3 Å². The SMILES string of the molecule is CC1(C)OB(c2cc(CO)cc(N)c2F)OC1(C)C. The second-order valence-electron chi connectivity index (χ2n) is 5.83. The Morgan fingerprint density at radius 1 is 1.21 bits per heavy atom. The van der Waals surface area contributed by atoms with Gasteiger partial charge in [0.1, 0.15) is 5.82 Å². The smallest absolute Gasteiger partial charge is 0.399 e. The van der Waals surface area contributed by atoms with Crippen molar-refractivity contribution in [3.8, 4) is 0 Å². The molecule has 0 aliphatic carbocycles. The van der Waals surface area contributed by atoms with Crippen molar-refractivity contribution in [3.05, 3.63) is 23.5 Å². The van der Waals surface area contributed by atoms with Crippen molar-refractivity contribution in [3.63, 3.8) is 0 Å². The lowest BCUT2D eigenvalue weighted by Crippen LogP contribution is -2.41. The van der Waals surface area contributed by atoms with Gasteiger partial charge in [-0.2, -0.15) is 0 Å². The first-order chi connectivity index (χ1) is 8.68. The van der Waals surface area contributed by atoms with Gasteiger partial charge in [-0.3, -0.25) is 0 Å². The molecule has 0 unspecified atom stereocenters. The summed E-state index contributed by atoms with van der Waals surface area (Å²) >= 11 is 0. The zero-order valence-electron chi connectivity index (χ0n) is 11.7. The number of aliphatic hydroxyl groups is 1. The number of nitrogens with two attached hydrogens (primary N) is 1. The van der Waals surface area contributed by atoms with Crippen LogP contribution in [-0.4, -0.2) is 23.4 Å². The molecular weight excluding hydrogens is 248 g/mol. The van der Waals surface area contributed by atoms with Crippen LogP contribution in [0.25, 0.3) is 0 Å². The molecule has 0 radical (unpaired) electrons. The average Bonchev–Trinajstić information content (AvgIpc) is 2.51. The van der Waals surface area contributed by atoms with Crippen LogP contribution >= 0.6 is 0 Å². The Balaban J connectivity index is 2.42. The summed E-state index contributed by atoms with van der Waals surface area (Å²) in [6.07, 6.45) is 0. The van der Waals surface area contributed by atoms with Crippen LogP contribution in [0.3, 0.4) is 0 Å². The molecule has 3 N–H and O–H groups in total. The van der Waals surface area contributed by atoms with Crippen LogP contribution in [0.4, 0.5) is 10.1 Å². The van der Waals surface area contributed by atoms with Gasteiger partial charge in [0.15, 0.2) is 0 Å². The van der Waals surface area contributed by atoms with E-state index in [1.54, 1.807) is 0 Å². The lowest BCUT2D eigenvalue weighted by atomic mass is 9.77. The molecule has 104 valence electrons. The highest BCUT2D eigenvalue weighted by molar-refractivity contribution is 6.62. The van der Waals surface area contributed by atoms with E-state index in [2.05, 4.69) is 0 Å². The maximum absolute atomic E-state index is 14.1. The van der Waals surface area contributed by atoms with Gasteiger partial charge in [0.2, 0.25) is 0 Å². The maximum Gasteiger partial charge on any atom is 0.497 e. The van der Waals surface area contributed by atoms with Crippen LogP contribution in [0.15, 0.2) is 12.1 Å². The number of hydrogen-bond acceptors (Lipinski definition) is 4. The number of nitrogen functional groups attached to an aromatic ring is 1. The predicted molar refractivity (Wildman–Crippen MR) is 72.5 cm³/mol. The number of aliphatic hydroxyl groups excluding tert-OH is 1. The normalized spacial score (nSPS) is 20.8. The van der Waals surface area contributed by atoms with Gasteiger partial charge < -0.3 is 20.1 Å². The minimum Gasteiger partial charge on any atom is -0.399 e. The minimum atomic E-state index is -0.821. The van der Waals surface area contributed by atoms with E-state index in [-0.39, 0.29) is 17.8 Å². The Morgan fingerprint density at radius 2 is 1.74 bits per heavy atom. The van der Waals surface area contributed by atoms with Gasteiger partial charge >= 0.3 is 7.12 Å². The van der Waals surface area contributed by atoms with E-state index in [0.717, 1.165) is 0 Å². The van der Waals surface area contributed by atoms with Crippen LogP contribution in [-0.2, 0) is 15.9 Å². The molecule has 6 heteroatoms. The molecule has 0 spiro atoms. The third kappa shape index (κ3) is 2.36. The van der Waals surface area contributed by atoms with E-state index in [4.69, 9.17) is 20.1 Å². The van der Waals surface area contributed by atoms with Crippen molar-refractivity contribution >= 4 is 18.3 Å². The molecule has 1 aromatic rings. The predicted octanol–water partition coefficient (Wildman–Crippen LogP) is 1.20. The molecule has 1 aliphatic rings. The van der Waals surface area contributed by atoms with Crippen molar-refractivity contribution in [1.82, 2.24) is 0 Å². The molecule has 0 bridgehead atoms. The molecule has 1 fully saturated rings. The van der Waals surface area contributed by atoms with Gasteiger partial charge in [0.05, 0.1) is 23.5 Å². The minimum absolute atomic E-state index is 0.0173. The lowest BCUT2D eigenvalue weighted by Gasteiger charge is -2.32. The van der Waals surface area contributed by atoms with Gasteiger partial charge in [0, 0.05) is 5.46 Å². The van der Waals surface area contributed by atoms with E-state index in [1.165, 1.54) is 12.1 Å². The van der Waals surface area contributed by atoms with E-state index < -0.39 is 24.1 Å². The lowest BCUT2D eigenvalue weighted by molar-refractivity contribution is 0.00578. The van der Waals surface area contributed by atoms with E-state index >= 15 is 0 Å². The summed E-state index contributed by atoms with van der Waals surface area (Å²) in [6.45, 7) is 7.36. The van der Waals surface area contributed by atoms with Crippen LogP contribution < -0.4 is 11.2 Å². The fourth-order valence-corrected chi connectivity index (χ4v) is 1.97. The Kier molecular flexibility index (Phi) is 3.37. The third-order valence-electron chi connectivity index (χ3n) is 3.88. The molecule has 4 nitrogen and oxygen atoms in total. The van der Waals surface area contributed by atoms with Crippen molar-refractivity contribution in [2.24, 2.45) is 0 Å². The van der Waals surface area contributed by atoms with Crippen LogP contribution in [0.1, 0.15) is 33.3 Å². The monoisotopic (exact) mass is 267 g/mol. The van der Waals surface area contributed by atoms with Gasteiger partial charge in [-0.25, -0.2) is 4.39 Å². The average molecular weight is 267 g/mol. The number of anilines is 1. The molecule has 1 saturated heterocycles.